The van der Waals surface area contributed by atoms with E-state index in [9.17, 15) is 10.1 Å². The molecule has 2 aromatic carbocycles. The molecule has 0 radical (unpaired) electrons. The molecule has 0 amide bonds. The van der Waals surface area contributed by atoms with Crippen LogP contribution in [0.1, 0.15) is 22.5 Å². The Balaban J connectivity index is 0.000000541. The number of rotatable bonds is 3. The van der Waals surface area contributed by atoms with E-state index in [0.29, 0.717) is 0 Å². The van der Waals surface area contributed by atoms with Crippen LogP contribution in [0.3, 0.4) is 0 Å². The Bertz CT molecular complexity index is 610. The quantitative estimate of drug-likeness (QED) is 0.497. The molecule has 0 aliphatic rings. The third kappa shape index (κ3) is 5.33. The zero-order chi connectivity index (χ0) is 16.7. The predicted octanol–water partition coefficient (Wildman–Crippen LogP) is 2.80. The predicted molar refractivity (Wildman–Crippen MR) is 94.3 cm³/mol. The molecule has 22 heavy (non-hydrogen) atoms. The van der Waals surface area contributed by atoms with Gasteiger partial charge >= 0.3 is 0 Å². The van der Waals surface area contributed by atoms with Gasteiger partial charge in [0.1, 0.15) is 7.85 Å². The van der Waals surface area contributed by atoms with Crippen LogP contribution in [0, 0.1) is 17.0 Å². The molecule has 0 N–H and O–H groups in total. The van der Waals surface area contributed by atoms with Crippen LogP contribution in [0.5, 0.6) is 0 Å². The van der Waals surface area contributed by atoms with Crippen molar-refractivity contribution in [1.29, 1.82) is 0 Å². The first-order chi connectivity index (χ1) is 10.3. The van der Waals surface area contributed by atoms with Crippen molar-refractivity contribution < 1.29 is 4.92 Å². The number of nitro benzene ring substituents is 1. The molecule has 0 saturated heterocycles. The summed E-state index contributed by atoms with van der Waals surface area (Å²) in [4.78, 5) is 12.2. The first-order valence-corrected chi connectivity index (χ1v) is 7.23. The second-order valence-electron chi connectivity index (χ2n) is 5.77. The lowest BCUT2D eigenvalue weighted by molar-refractivity contribution is -0.384. The number of benzene rings is 2. The Morgan fingerprint density at radius 1 is 1.05 bits per heavy atom. The summed E-state index contributed by atoms with van der Waals surface area (Å²) < 4.78 is 0. The minimum atomic E-state index is -0.373. The third-order valence-electron chi connectivity index (χ3n) is 3.26. The van der Waals surface area contributed by atoms with Gasteiger partial charge in [-0.15, -0.1) is 0 Å². The first kappa shape index (κ1) is 17.9. The van der Waals surface area contributed by atoms with Crippen molar-refractivity contribution in [2.24, 2.45) is 0 Å². The van der Waals surface area contributed by atoms with Crippen LogP contribution in [0.15, 0.2) is 48.5 Å². The van der Waals surface area contributed by atoms with Crippen LogP contribution in [0.4, 0.5) is 5.69 Å². The van der Waals surface area contributed by atoms with Gasteiger partial charge in [-0.05, 0) is 50.6 Å². The van der Waals surface area contributed by atoms with Crippen molar-refractivity contribution in [2.75, 3.05) is 21.1 Å². The molecule has 1 unspecified atom stereocenters. The fraction of sp³-hybridized carbons (Fsp3) is 0.294. The maximum absolute atomic E-state index is 10.6. The summed E-state index contributed by atoms with van der Waals surface area (Å²) in [6.45, 7) is 2.08. The zero-order valence-corrected chi connectivity index (χ0v) is 13.9. The van der Waals surface area contributed by atoms with E-state index in [2.05, 4.69) is 26.9 Å². The molecule has 0 aliphatic heterocycles. The molecule has 0 aromatic heterocycles. The maximum atomic E-state index is 10.6. The summed E-state index contributed by atoms with van der Waals surface area (Å²) in [5.74, 6) is 0.243. The number of hydrogen-bond donors (Lipinski definition) is 0. The average molecular weight is 298 g/mol. The number of nitro groups is 1. The number of nitrogens with zero attached hydrogens (tertiary/aromatic N) is 2. The summed E-state index contributed by atoms with van der Waals surface area (Å²) in [6.07, 6.45) is 0. The molecule has 0 heterocycles. The van der Waals surface area contributed by atoms with Crippen LogP contribution in [-0.4, -0.2) is 38.8 Å². The molecule has 5 heteroatoms. The van der Waals surface area contributed by atoms with Crippen molar-refractivity contribution in [2.45, 2.75) is 12.7 Å². The fourth-order valence-corrected chi connectivity index (χ4v) is 2.14. The van der Waals surface area contributed by atoms with Gasteiger partial charge in [0.25, 0.3) is 5.69 Å². The van der Waals surface area contributed by atoms with Gasteiger partial charge in [-0.25, -0.2) is 0 Å². The Morgan fingerprint density at radius 2 is 1.55 bits per heavy atom. The van der Waals surface area contributed by atoms with Gasteiger partial charge in [0.15, 0.2) is 0 Å². The minimum absolute atomic E-state index is 0.135. The summed E-state index contributed by atoms with van der Waals surface area (Å²) in [7, 11) is 8.11. The summed E-state index contributed by atoms with van der Waals surface area (Å²) in [5, 5.41) is 10.6. The van der Waals surface area contributed by atoms with Gasteiger partial charge in [-0.3, -0.25) is 10.1 Å². The highest BCUT2D eigenvalue weighted by molar-refractivity contribution is 6.14. The highest BCUT2D eigenvalue weighted by atomic mass is 16.6. The van der Waals surface area contributed by atoms with E-state index in [1.807, 2.05) is 50.3 Å². The lowest BCUT2D eigenvalue weighted by atomic mass is 9.74. The van der Waals surface area contributed by atoms with Gasteiger partial charge in [0.2, 0.25) is 0 Å². The van der Waals surface area contributed by atoms with E-state index >= 15 is 0 Å². The largest absolute Gasteiger partial charge is 0.312 e. The first-order valence-electron chi connectivity index (χ1n) is 7.23. The van der Waals surface area contributed by atoms with Crippen LogP contribution in [-0.2, 0) is 0 Å². The standard InChI is InChI=1S/C14H14BNO2.C3H9N/c1-10-4-2-3-5-13(10)14(15)11-6-8-12(9-7-11)16(17)18;1-4(2)3/h2-9,14H,15H2,1H3;1-3H3. The smallest absolute Gasteiger partial charge is 0.269 e. The molecule has 0 saturated carbocycles. The zero-order valence-electron chi connectivity index (χ0n) is 13.9. The Kier molecular flexibility index (Phi) is 6.79. The molecular weight excluding hydrogens is 275 g/mol. The SMILES string of the molecule is BC(c1ccc([N+](=O)[O-])cc1)c1ccccc1C.CN(C)C. The minimum Gasteiger partial charge on any atom is -0.312 e. The van der Waals surface area contributed by atoms with Crippen LogP contribution < -0.4 is 0 Å². The molecule has 0 spiro atoms. The van der Waals surface area contributed by atoms with Gasteiger partial charge in [-0.2, -0.15) is 0 Å². The molecule has 2 aromatic rings. The van der Waals surface area contributed by atoms with Crippen molar-refractivity contribution in [3.05, 3.63) is 75.3 Å². The fourth-order valence-electron chi connectivity index (χ4n) is 2.14. The summed E-state index contributed by atoms with van der Waals surface area (Å²) in [5.41, 5.74) is 3.72. The van der Waals surface area contributed by atoms with Gasteiger partial charge in [0.05, 0.1) is 4.92 Å². The van der Waals surface area contributed by atoms with E-state index in [4.69, 9.17) is 0 Å². The molecule has 2 rings (SSSR count). The lowest BCUT2D eigenvalue weighted by Gasteiger charge is -2.14. The van der Waals surface area contributed by atoms with Crippen molar-refractivity contribution >= 4 is 13.5 Å². The topological polar surface area (TPSA) is 46.4 Å². The highest BCUT2D eigenvalue weighted by Gasteiger charge is 2.12. The Hall–Kier alpha value is -2.14. The normalized spacial score (nSPS) is 11.5. The van der Waals surface area contributed by atoms with Crippen LogP contribution >= 0.6 is 0 Å². The lowest BCUT2D eigenvalue weighted by Crippen LogP contribution is -2.02. The molecule has 4 nitrogen and oxygen atoms in total. The van der Waals surface area contributed by atoms with E-state index in [0.717, 1.165) is 5.56 Å². The molecule has 0 fully saturated rings. The molecule has 0 aliphatic carbocycles. The van der Waals surface area contributed by atoms with E-state index in [1.165, 1.54) is 11.1 Å². The van der Waals surface area contributed by atoms with Gasteiger partial charge in [0, 0.05) is 12.1 Å². The van der Waals surface area contributed by atoms with Crippen LogP contribution in [0.25, 0.3) is 0 Å². The highest BCUT2D eigenvalue weighted by Crippen LogP contribution is 2.25. The number of hydrogen-bond acceptors (Lipinski definition) is 3. The summed E-state index contributed by atoms with van der Waals surface area (Å²) >= 11 is 0. The number of non-ortho nitro benzene ring substituents is 1. The Labute approximate surface area is 133 Å². The van der Waals surface area contributed by atoms with E-state index < -0.39 is 0 Å². The molecule has 1 atom stereocenters. The van der Waals surface area contributed by atoms with Gasteiger partial charge in [-0.1, -0.05) is 36.4 Å². The monoisotopic (exact) mass is 298 g/mol. The van der Waals surface area contributed by atoms with Crippen LogP contribution in [0.2, 0.25) is 0 Å². The molecule has 0 bridgehead atoms. The molecular formula is C17H23BN2O2. The molecule has 116 valence electrons. The van der Waals surface area contributed by atoms with Crippen molar-refractivity contribution in [3.8, 4) is 0 Å². The van der Waals surface area contributed by atoms with Crippen molar-refractivity contribution in [1.82, 2.24) is 4.90 Å². The van der Waals surface area contributed by atoms with Crippen molar-refractivity contribution in [3.63, 3.8) is 0 Å². The number of aryl methyl sites for hydroxylation is 1. The maximum Gasteiger partial charge on any atom is 0.269 e. The third-order valence-corrected chi connectivity index (χ3v) is 3.26. The Morgan fingerprint density at radius 3 is 2.00 bits per heavy atom. The second-order valence-corrected chi connectivity index (χ2v) is 5.77. The van der Waals surface area contributed by atoms with E-state index in [1.54, 1.807) is 12.1 Å². The average Bonchev–Trinajstić information content (AvgIpc) is 2.46. The second kappa shape index (κ2) is 8.34. The van der Waals surface area contributed by atoms with Gasteiger partial charge < -0.3 is 4.90 Å². The van der Waals surface area contributed by atoms with E-state index in [-0.39, 0.29) is 16.4 Å². The summed E-state index contributed by atoms with van der Waals surface area (Å²) in [6, 6.07) is 15.0.